The first-order valence-corrected chi connectivity index (χ1v) is 12.4. The highest BCUT2D eigenvalue weighted by Gasteiger charge is 2.23. The number of nitrogens with one attached hydrogen (secondary N) is 1. The maximum absolute atomic E-state index is 13.2. The number of benzene rings is 2. The molecule has 1 aliphatic rings. The molecule has 1 saturated heterocycles. The first-order chi connectivity index (χ1) is 16.9. The molecular weight excluding hydrogens is 466 g/mol. The number of rotatable bonds is 7. The molecule has 8 nitrogen and oxygen atoms in total. The van der Waals surface area contributed by atoms with Gasteiger partial charge < -0.3 is 15.1 Å². The minimum Gasteiger partial charge on any atom is -0.368 e. The summed E-state index contributed by atoms with van der Waals surface area (Å²) >= 11 is 6.11. The highest BCUT2D eigenvalue weighted by molar-refractivity contribution is 6.30. The molecule has 0 aliphatic carbocycles. The minimum atomic E-state index is -0.338. The van der Waals surface area contributed by atoms with E-state index in [9.17, 15) is 14.4 Å². The lowest BCUT2D eigenvalue weighted by molar-refractivity contribution is -0.122. The summed E-state index contributed by atoms with van der Waals surface area (Å²) in [7, 11) is 0. The second-order valence-corrected chi connectivity index (χ2v) is 9.19. The Balaban J connectivity index is 1.48. The fourth-order valence-electron chi connectivity index (χ4n) is 4.35. The fourth-order valence-corrected chi connectivity index (χ4v) is 4.53. The van der Waals surface area contributed by atoms with E-state index in [4.69, 9.17) is 11.6 Å². The number of aromatic nitrogens is 2. The number of halogens is 1. The number of hydrogen-bond donors (Lipinski definition) is 1. The Morgan fingerprint density at radius 3 is 2.49 bits per heavy atom. The van der Waals surface area contributed by atoms with Gasteiger partial charge in [-0.05, 0) is 49.2 Å². The van der Waals surface area contributed by atoms with Gasteiger partial charge in [-0.25, -0.2) is 4.98 Å². The number of anilines is 1. The van der Waals surface area contributed by atoms with E-state index in [1.807, 2.05) is 38.1 Å². The molecular formula is C26H30ClN5O3. The molecule has 0 atom stereocenters. The summed E-state index contributed by atoms with van der Waals surface area (Å²) in [4.78, 5) is 47.0. The van der Waals surface area contributed by atoms with Gasteiger partial charge in [0.05, 0.1) is 17.2 Å². The van der Waals surface area contributed by atoms with Crippen molar-refractivity contribution in [2.75, 3.05) is 31.1 Å². The van der Waals surface area contributed by atoms with Crippen LogP contribution in [0.1, 0.15) is 37.0 Å². The van der Waals surface area contributed by atoms with Crippen LogP contribution < -0.4 is 15.8 Å². The number of carbonyl (C=O) groups is 2. The van der Waals surface area contributed by atoms with Crippen LogP contribution in [-0.4, -0.2) is 58.5 Å². The molecule has 0 radical (unpaired) electrons. The van der Waals surface area contributed by atoms with Crippen molar-refractivity contribution in [3.05, 3.63) is 69.7 Å². The Bertz CT molecular complexity index is 1280. The van der Waals surface area contributed by atoms with E-state index in [0.29, 0.717) is 47.7 Å². The summed E-state index contributed by atoms with van der Waals surface area (Å²) < 4.78 is 1.29. The quantitative estimate of drug-likeness (QED) is 0.543. The molecule has 35 heavy (non-hydrogen) atoms. The van der Waals surface area contributed by atoms with Crippen LogP contribution in [-0.2, 0) is 11.3 Å². The van der Waals surface area contributed by atoms with Crippen molar-refractivity contribution in [1.82, 2.24) is 19.8 Å². The third-order valence-corrected chi connectivity index (χ3v) is 6.71. The second-order valence-electron chi connectivity index (χ2n) is 8.75. The summed E-state index contributed by atoms with van der Waals surface area (Å²) in [5.74, 6) is -0.356. The molecule has 2 heterocycles. The fraction of sp³-hybridized carbons (Fsp3) is 0.385. The largest absolute Gasteiger partial charge is 0.368 e. The summed E-state index contributed by atoms with van der Waals surface area (Å²) in [6.45, 7) is 6.43. The van der Waals surface area contributed by atoms with Crippen molar-refractivity contribution in [1.29, 1.82) is 0 Å². The molecule has 0 bridgehead atoms. The van der Waals surface area contributed by atoms with Crippen LogP contribution in [0.4, 0.5) is 5.69 Å². The Kier molecular flexibility index (Phi) is 7.70. The van der Waals surface area contributed by atoms with E-state index in [0.717, 1.165) is 18.5 Å². The van der Waals surface area contributed by atoms with Gasteiger partial charge in [0.25, 0.3) is 11.5 Å². The molecule has 1 aromatic heterocycles. The van der Waals surface area contributed by atoms with Crippen LogP contribution in [0, 0.1) is 0 Å². The predicted octanol–water partition coefficient (Wildman–Crippen LogP) is 3.32. The molecule has 184 valence electrons. The molecule has 1 N–H and O–H groups in total. The van der Waals surface area contributed by atoms with Gasteiger partial charge in [-0.3, -0.25) is 19.0 Å². The molecule has 0 unspecified atom stereocenters. The van der Waals surface area contributed by atoms with Crippen molar-refractivity contribution in [2.45, 2.75) is 39.3 Å². The molecule has 0 saturated carbocycles. The van der Waals surface area contributed by atoms with E-state index in [1.165, 1.54) is 10.9 Å². The Morgan fingerprint density at radius 1 is 1.06 bits per heavy atom. The maximum Gasteiger partial charge on any atom is 0.261 e. The Hall–Kier alpha value is -3.39. The zero-order valence-corrected chi connectivity index (χ0v) is 20.8. The van der Waals surface area contributed by atoms with Crippen molar-refractivity contribution < 1.29 is 9.59 Å². The predicted molar refractivity (Wildman–Crippen MR) is 138 cm³/mol. The van der Waals surface area contributed by atoms with Gasteiger partial charge in [0.2, 0.25) is 5.91 Å². The van der Waals surface area contributed by atoms with Crippen LogP contribution in [0.25, 0.3) is 10.9 Å². The number of piperazine rings is 1. The highest BCUT2D eigenvalue weighted by Crippen LogP contribution is 2.21. The van der Waals surface area contributed by atoms with E-state index in [1.54, 1.807) is 23.1 Å². The second kappa shape index (κ2) is 10.9. The summed E-state index contributed by atoms with van der Waals surface area (Å²) in [6, 6.07) is 12.7. The zero-order valence-electron chi connectivity index (χ0n) is 20.0. The average Bonchev–Trinajstić information content (AvgIpc) is 2.88. The van der Waals surface area contributed by atoms with Crippen LogP contribution in [0.3, 0.4) is 0 Å². The smallest absolute Gasteiger partial charge is 0.261 e. The van der Waals surface area contributed by atoms with Crippen molar-refractivity contribution in [3.8, 4) is 0 Å². The van der Waals surface area contributed by atoms with Crippen LogP contribution in [0.2, 0.25) is 5.02 Å². The van der Waals surface area contributed by atoms with E-state index in [-0.39, 0.29) is 30.0 Å². The van der Waals surface area contributed by atoms with Gasteiger partial charge in [0.15, 0.2) is 0 Å². The van der Waals surface area contributed by atoms with Gasteiger partial charge >= 0.3 is 0 Å². The third-order valence-electron chi connectivity index (χ3n) is 6.48. The number of hydrogen-bond acceptors (Lipinski definition) is 5. The van der Waals surface area contributed by atoms with Gasteiger partial charge in [-0.1, -0.05) is 31.5 Å². The SMILES string of the molecule is CCC(CC)NC(=O)Cn1cnc2ccc(C(=O)N3CCN(c4cccc(Cl)c4)CC3)cc2c1=O. The third kappa shape index (κ3) is 5.65. The van der Waals surface area contributed by atoms with Gasteiger partial charge in [-0.15, -0.1) is 0 Å². The van der Waals surface area contributed by atoms with Crippen molar-refractivity contribution in [2.24, 2.45) is 0 Å². The molecule has 2 amide bonds. The molecule has 1 aliphatic heterocycles. The average molecular weight is 496 g/mol. The molecule has 0 spiro atoms. The molecule has 3 aromatic rings. The lowest BCUT2D eigenvalue weighted by Crippen LogP contribution is -2.48. The van der Waals surface area contributed by atoms with E-state index >= 15 is 0 Å². The first kappa shape index (κ1) is 24.7. The standard InChI is InChI=1S/C26H30ClN5O3/c1-3-20(4-2)29-24(33)16-32-17-28-23-9-8-18(14-22(23)26(32)35)25(34)31-12-10-30(11-13-31)21-7-5-6-19(27)15-21/h5-9,14-15,17,20H,3-4,10-13,16H2,1-2H3,(H,29,33). The van der Waals surface area contributed by atoms with Crippen molar-refractivity contribution in [3.63, 3.8) is 0 Å². The van der Waals surface area contributed by atoms with Gasteiger partial charge in [-0.2, -0.15) is 0 Å². The Morgan fingerprint density at radius 2 is 1.80 bits per heavy atom. The lowest BCUT2D eigenvalue weighted by atomic mass is 10.1. The topological polar surface area (TPSA) is 87.5 Å². The number of nitrogens with zero attached hydrogens (tertiary/aromatic N) is 4. The summed E-state index contributed by atoms with van der Waals surface area (Å²) in [5, 5.41) is 3.94. The monoisotopic (exact) mass is 495 g/mol. The van der Waals surface area contributed by atoms with Gasteiger partial charge in [0, 0.05) is 48.5 Å². The number of amides is 2. The van der Waals surface area contributed by atoms with Gasteiger partial charge in [0.1, 0.15) is 6.54 Å². The number of fused-ring (bicyclic) bond motifs is 1. The molecule has 4 rings (SSSR count). The first-order valence-electron chi connectivity index (χ1n) is 12.0. The maximum atomic E-state index is 13.2. The summed E-state index contributed by atoms with van der Waals surface area (Å²) in [5.41, 5.74) is 1.63. The van der Waals surface area contributed by atoms with E-state index < -0.39 is 0 Å². The van der Waals surface area contributed by atoms with E-state index in [2.05, 4.69) is 15.2 Å². The molecule has 1 fully saturated rings. The zero-order chi connectivity index (χ0) is 24.9. The minimum absolute atomic E-state index is 0.0789. The lowest BCUT2D eigenvalue weighted by Gasteiger charge is -2.36. The molecule has 2 aromatic carbocycles. The van der Waals surface area contributed by atoms with Crippen LogP contribution in [0.5, 0.6) is 0 Å². The Labute approximate surface area is 209 Å². The normalized spacial score (nSPS) is 13.9. The highest BCUT2D eigenvalue weighted by atomic mass is 35.5. The van der Waals surface area contributed by atoms with Crippen LogP contribution >= 0.6 is 11.6 Å². The summed E-state index contributed by atoms with van der Waals surface area (Å²) in [6.07, 6.45) is 3.03. The van der Waals surface area contributed by atoms with Crippen LogP contribution in [0.15, 0.2) is 53.6 Å². The van der Waals surface area contributed by atoms with Crippen molar-refractivity contribution >= 4 is 40.0 Å². The molecule has 9 heteroatoms. The number of carbonyl (C=O) groups excluding carboxylic acids is 2.